The fraction of sp³-hybridized carbons (Fsp3) is 0.625. The Morgan fingerprint density at radius 3 is 2.50 bits per heavy atom. The van der Waals surface area contributed by atoms with Gasteiger partial charge in [0.2, 0.25) is 0 Å². The van der Waals surface area contributed by atoms with Crippen LogP contribution in [0, 0.1) is 5.92 Å². The molecule has 0 spiro atoms. The van der Waals surface area contributed by atoms with Gasteiger partial charge in [-0.25, -0.2) is 18.1 Å². The third-order valence-electron chi connectivity index (χ3n) is 5.46. The van der Waals surface area contributed by atoms with Crippen molar-refractivity contribution >= 4 is 33.3 Å². The zero-order valence-corrected chi connectivity index (χ0v) is 16.2. The van der Waals surface area contributed by atoms with Crippen molar-refractivity contribution in [1.29, 1.82) is 0 Å². The highest BCUT2D eigenvalue weighted by Gasteiger charge is 2.56. The van der Waals surface area contributed by atoms with Crippen LogP contribution in [-0.4, -0.2) is 72.8 Å². The topological polar surface area (TPSA) is 90.0 Å². The zero-order chi connectivity index (χ0) is 18.5. The van der Waals surface area contributed by atoms with E-state index in [1.165, 1.54) is 20.5 Å². The van der Waals surface area contributed by atoms with Crippen molar-refractivity contribution in [3.05, 3.63) is 17.5 Å². The third kappa shape index (κ3) is 2.94. The molecule has 1 N–H and O–H groups in total. The van der Waals surface area contributed by atoms with Crippen LogP contribution >= 0.6 is 11.3 Å². The van der Waals surface area contributed by atoms with Crippen LogP contribution < -0.4 is 5.32 Å². The van der Waals surface area contributed by atoms with E-state index in [4.69, 9.17) is 0 Å². The monoisotopic (exact) mass is 398 g/mol. The maximum atomic E-state index is 12.7. The molecule has 3 aliphatic rings. The van der Waals surface area contributed by atoms with Crippen molar-refractivity contribution in [1.82, 2.24) is 19.4 Å². The molecular formula is C16H22N4O4S2. The lowest BCUT2D eigenvalue weighted by Gasteiger charge is -2.35. The van der Waals surface area contributed by atoms with Gasteiger partial charge in [-0.2, -0.15) is 4.31 Å². The summed E-state index contributed by atoms with van der Waals surface area (Å²) < 4.78 is 26.9. The molecule has 10 heteroatoms. The van der Waals surface area contributed by atoms with Crippen molar-refractivity contribution in [3.63, 3.8) is 0 Å². The summed E-state index contributed by atoms with van der Waals surface area (Å²) in [5.41, 5.74) is -0.776. The summed E-state index contributed by atoms with van der Waals surface area (Å²) in [5.74, 6) is 0.0652. The molecule has 142 valence electrons. The average molecular weight is 399 g/mol. The van der Waals surface area contributed by atoms with Crippen molar-refractivity contribution < 1.29 is 18.0 Å². The minimum Gasteiger partial charge on any atom is -0.323 e. The summed E-state index contributed by atoms with van der Waals surface area (Å²) in [6, 6.07) is 2.98. The molecule has 1 aliphatic carbocycles. The van der Waals surface area contributed by atoms with Gasteiger partial charge in [-0.3, -0.25) is 9.69 Å². The standard InChI is InChI=1S/C16H22N4O4S2/c1-16(12-4-5-12)14(21)20(15(22)17-16)11-18-6-8-19(9-7-18)26(23,24)13-3-2-10-25-13/h2-3,10,12H,4-9,11H2,1H3,(H,17,22)/t16-/m0/s1. The molecule has 2 saturated heterocycles. The van der Waals surface area contributed by atoms with E-state index >= 15 is 0 Å². The van der Waals surface area contributed by atoms with E-state index in [2.05, 4.69) is 5.32 Å². The van der Waals surface area contributed by atoms with Crippen molar-refractivity contribution in [2.75, 3.05) is 32.8 Å². The van der Waals surface area contributed by atoms with E-state index in [1.807, 2.05) is 4.90 Å². The maximum absolute atomic E-state index is 12.7. The van der Waals surface area contributed by atoms with Crippen LogP contribution in [0.25, 0.3) is 0 Å². The predicted octanol–water partition coefficient (Wildman–Crippen LogP) is 0.732. The van der Waals surface area contributed by atoms with E-state index in [9.17, 15) is 18.0 Å². The maximum Gasteiger partial charge on any atom is 0.326 e. The minimum atomic E-state index is -3.45. The van der Waals surface area contributed by atoms with Gasteiger partial charge in [-0.15, -0.1) is 11.3 Å². The number of imide groups is 1. The van der Waals surface area contributed by atoms with Gasteiger partial charge in [0.15, 0.2) is 0 Å². The average Bonchev–Trinajstić information content (AvgIpc) is 3.28. The molecule has 8 nitrogen and oxygen atoms in total. The van der Waals surface area contributed by atoms with Crippen LogP contribution in [0.15, 0.2) is 21.7 Å². The fourth-order valence-electron chi connectivity index (χ4n) is 3.63. The summed E-state index contributed by atoms with van der Waals surface area (Å²) in [7, 11) is -3.45. The van der Waals surface area contributed by atoms with E-state index in [1.54, 1.807) is 24.4 Å². The molecule has 3 fully saturated rings. The quantitative estimate of drug-likeness (QED) is 0.739. The number of hydrogen-bond acceptors (Lipinski definition) is 6. The molecule has 1 aromatic heterocycles. The second-order valence-corrected chi connectivity index (χ2v) is 10.3. The van der Waals surface area contributed by atoms with Gasteiger partial charge in [-0.05, 0) is 37.1 Å². The highest BCUT2D eigenvalue weighted by Crippen LogP contribution is 2.42. The lowest BCUT2D eigenvalue weighted by atomic mass is 9.96. The molecule has 1 aromatic rings. The smallest absolute Gasteiger partial charge is 0.323 e. The van der Waals surface area contributed by atoms with Crippen LogP contribution in [0.3, 0.4) is 0 Å². The van der Waals surface area contributed by atoms with E-state index in [0.717, 1.165) is 12.8 Å². The highest BCUT2D eigenvalue weighted by molar-refractivity contribution is 7.91. The van der Waals surface area contributed by atoms with E-state index in [0.29, 0.717) is 30.4 Å². The van der Waals surface area contributed by atoms with Gasteiger partial charge in [0, 0.05) is 26.2 Å². The Morgan fingerprint density at radius 1 is 1.23 bits per heavy atom. The van der Waals surface area contributed by atoms with Crippen LogP contribution in [0.2, 0.25) is 0 Å². The zero-order valence-electron chi connectivity index (χ0n) is 14.6. The SMILES string of the molecule is C[C@@]1(C2CC2)NC(=O)N(CN2CCN(S(=O)(=O)c3cccs3)CC2)C1=O. The number of piperazine rings is 1. The first-order valence-corrected chi connectivity index (χ1v) is 11.0. The number of nitrogens with zero attached hydrogens (tertiary/aromatic N) is 3. The van der Waals surface area contributed by atoms with Gasteiger partial charge >= 0.3 is 6.03 Å². The number of urea groups is 1. The lowest BCUT2D eigenvalue weighted by Crippen LogP contribution is -2.53. The first-order valence-electron chi connectivity index (χ1n) is 8.72. The Bertz CT molecular complexity index is 813. The van der Waals surface area contributed by atoms with Crippen LogP contribution in [0.1, 0.15) is 19.8 Å². The Balaban J connectivity index is 1.37. The molecule has 26 heavy (non-hydrogen) atoms. The molecule has 1 atom stereocenters. The number of carbonyl (C=O) groups is 2. The molecular weight excluding hydrogens is 376 g/mol. The Labute approximate surface area is 156 Å². The lowest BCUT2D eigenvalue weighted by molar-refractivity contribution is -0.133. The fourth-order valence-corrected chi connectivity index (χ4v) is 6.20. The summed E-state index contributed by atoms with van der Waals surface area (Å²) in [4.78, 5) is 28.2. The second-order valence-electron chi connectivity index (χ2n) is 7.24. The molecule has 0 radical (unpaired) electrons. The highest BCUT2D eigenvalue weighted by atomic mass is 32.2. The summed E-state index contributed by atoms with van der Waals surface area (Å²) in [6.45, 7) is 3.69. The normalized spacial score (nSPS) is 28.6. The largest absolute Gasteiger partial charge is 0.326 e. The summed E-state index contributed by atoms with van der Waals surface area (Å²) >= 11 is 1.21. The minimum absolute atomic E-state index is 0.168. The summed E-state index contributed by atoms with van der Waals surface area (Å²) in [5, 5.41) is 4.59. The molecule has 3 amide bonds. The van der Waals surface area contributed by atoms with Crippen molar-refractivity contribution in [3.8, 4) is 0 Å². The van der Waals surface area contributed by atoms with Crippen LogP contribution in [0.4, 0.5) is 4.79 Å². The summed E-state index contributed by atoms with van der Waals surface area (Å²) in [6.07, 6.45) is 1.94. The van der Waals surface area contributed by atoms with E-state index < -0.39 is 15.6 Å². The first-order chi connectivity index (χ1) is 12.3. The molecule has 2 aliphatic heterocycles. The number of thiophene rings is 1. The number of hydrogen-bond donors (Lipinski definition) is 1. The number of sulfonamides is 1. The first kappa shape index (κ1) is 17.9. The van der Waals surface area contributed by atoms with Crippen LogP contribution in [0.5, 0.6) is 0 Å². The van der Waals surface area contributed by atoms with Gasteiger partial charge in [-0.1, -0.05) is 6.07 Å². The Kier molecular flexibility index (Phi) is 4.33. The number of rotatable bonds is 5. The Hall–Kier alpha value is -1.49. The molecule has 0 bridgehead atoms. The van der Waals surface area contributed by atoms with Gasteiger partial charge < -0.3 is 5.32 Å². The molecule has 0 aromatic carbocycles. The molecule has 1 saturated carbocycles. The number of nitrogens with one attached hydrogen (secondary N) is 1. The van der Waals surface area contributed by atoms with Crippen LogP contribution in [-0.2, 0) is 14.8 Å². The predicted molar refractivity (Wildman–Crippen MR) is 96.0 cm³/mol. The van der Waals surface area contributed by atoms with Gasteiger partial charge in [0.1, 0.15) is 9.75 Å². The molecule has 4 rings (SSSR count). The Morgan fingerprint density at radius 2 is 1.92 bits per heavy atom. The van der Waals surface area contributed by atoms with Gasteiger partial charge in [0.05, 0.1) is 6.67 Å². The van der Waals surface area contributed by atoms with E-state index in [-0.39, 0.29) is 24.5 Å². The third-order valence-corrected chi connectivity index (χ3v) is 8.73. The number of amides is 3. The molecule has 3 heterocycles. The van der Waals surface area contributed by atoms with Crippen molar-refractivity contribution in [2.45, 2.75) is 29.5 Å². The van der Waals surface area contributed by atoms with Gasteiger partial charge in [0.25, 0.3) is 15.9 Å². The number of carbonyl (C=O) groups excluding carboxylic acids is 2. The second kappa shape index (κ2) is 6.29. The van der Waals surface area contributed by atoms with Crippen molar-refractivity contribution in [2.24, 2.45) is 5.92 Å². The molecule has 0 unspecified atom stereocenters.